The van der Waals surface area contributed by atoms with Crippen LogP contribution in [-0.4, -0.2) is 22.0 Å². The maximum atomic E-state index is 6.17. The Labute approximate surface area is 123 Å². The second-order valence-corrected chi connectivity index (χ2v) is 6.92. The number of nitrogens with zero attached hydrogens (tertiary/aromatic N) is 3. The Balaban J connectivity index is 2.04. The van der Waals surface area contributed by atoms with E-state index >= 15 is 0 Å². The molecule has 0 aromatic carbocycles. The minimum absolute atomic E-state index is 0.513. The van der Waals surface area contributed by atoms with Crippen molar-refractivity contribution in [3.8, 4) is 0 Å². The summed E-state index contributed by atoms with van der Waals surface area (Å²) in [5, 5.41) is 2.06. The molecule has 2 aromatic rings. The SMILES string of the molecule is CC1CC(C)C(C)N(c2nc3sccn3c2CCl)C1. The van der Waals surface area contributed by atoms with Crippen LogP contribution < -0.4 is 4.90 Å². The summed E-state index contributed by atoms with van der Waals surface area (Å²) in [4.78, 5) is 8.31. The van der Waals surface area contributed by atoms with Crippen LogP contribution in [0, 0.1) is 11.8 Å². The van der Waals surface area contributed by atoms with Gasteiger partial charge in [-0.1, -0.05) is 13.8 Å². The quantitative estimate of drug-likeness (QED) is 0.781. The number of hydrogen-bond acceptors (Lipinski definition) is 3. The van der Waals surface area contributed by atoms with Gasteiger partial charge in [0.2, 0.25) is 0 Å². The summed E-state index contributed by atoms with van der Waals surface area (Å²) in [5.74, 6) is 3.02. The number of piperidine rings is 1. The largest absolute Gasteiger partial charge is 0.352 e. The number of fused-ring (bicyclic) bond motifs is 1. The van der Waals surface area contributed by atoms with Crippen molar-refractivity contribution in [1.29, 1.82) is 0 Å². The molecule has 1 fully saturated rings. The van der Waals surface area contributed by atoms with E-state index in [1.165, 1.54) is 6.42 Å². The zero-order valence-electron chi connectivity index (χ0n) is 11.6. The first kappa shape index (κ1) is 13.3. The number of anilines is 1. The second kappa shape index (κ2) is 4.98. The zero-order chi connectivity index (χ0) is 13.6. The predicted molar refractivity (Wildman–Crippen MR) is 82.4 cm³/mol. The van der Waals surface area contributed by atoms with Gasteiger partial charge in [0.05, 0.1) is 11.6 Å². The first-order valence-corrected chi connectivity index (χ1v) is 8.30. The first-order chi connectivity index (χ1) is 9.11. The van der Waals surface area contributed by atoms with Crippen LogP contribution in [0.15, 0.2) is 11.6 Å². The molecule has 2 aromatic heterocycles. The summed E-state index contributed by atoms with van der Waals surface area (Å²) in [6.45, 7) is 8.06. The van der Waals surface area contributed by atoms with Crippen molar-refractivity contribution in [2.75, 3.05) is 11.4 Å². The lowest BCUT2D eigenvalue weighted by Gasteiger charge is -2.41. The van der Waals surface area contributed by atoms with Gasteiger partial charge in [-0.05, 0) is 25.2 Å². The number of rotatable bonds is 2. The molecule has 0 spiro atoms. The van der Waals surface area contributed by atoms with Gasteiger partial charge in [-0.25, -0.2) is 4.98 Å². The van der Waals surface area contributed by atoms with Crippen molar-refractivity contribution in [3.05, 3.63) is 17.3 Å². The molecule has 0 bridgehead atoms. The lowest BCUT2D eigenvalue weighted by Crippen LogP contribution is -2.46. The molecule has 1 aliphatic rings. The summed E-state index contributed by atoms with van der Waals surface area (Å²) in [7, 11) is 0. The monoisotopic (exact) mass is 297 g/mol. The lowest BCUT2D eigenvalue weighted by molar-refractivity contribution is 0.295. The van der Waals surface area contributed by atoms with E-state index in [1.54, 1.807) is 11.3 Å². The standard InChI is InChI=1S/C14H20ClN3S/c1-9-6-10(2)11(3)18(8-9)13-12(7-15)17-4-5-19-14(17)16-13/h4-5,9-11H,6-8H2,1-3H3. The molecule has 3 atom stereocenters. The van der Waals surface area contributed by atoms with Crippen molar-refractivity contribution in [2.24, 2.45) is 11.8 Å². The van der Waals surface area contributed by atoms with E-state index < -0.39 is 0 Å². The molecule has 3 unspecified atom stereocenters. The van der Waals surface area contributed by atoms with Gasteiger partial charge in [-0.3, -0.25) is 4.40 Å². The fourth-order valence-electron chi connectivity index (χ4n) is 3.17. The molecule has 104 valence electrons. The number of hydrogen-bond donors (Lipinski definition) is 0. The molecule has 1 aliphatic heterocycles. The molecule has 0 aliphatic carbocycles. The van der Waals surface area contributed by atoms with Gasteiger partial charge in [-0.15, -0.1) is 22.9 Å². The topological polar surface area (TPSA) is 20.5 Å². The number of halogens is 1. The fourth-order valence-corrected chi connectivity index (χ4v) is 4.15. The summed E-state index contributed by atoms with van der Waals surface area (Å²) in [6.07, 6.45) is 3.37. The summed E-state index contributed by atoms with van der Waals surface area (Å²) >= 11 is 7.84. The Morgan fingerprint density at radius 2 is 2.21 bits per heavy atom. The van der Waals surface area contributed by atoms with Gasteiger partial charge in [-0.2, -0.15) is 0 Å². The molecule has 3 rings (SSSR count). The Morgan fingerprint density at radius 1 is 1.42 bits per heavy atom. The molecular weight excluding hydrogens is 278 g/mol. The molecule has 0 amide bonds. The Morgan fingerprint density at radius 3 is 2.95 bits per heavy atom. The molecule has 3 nitrogen and oxygen atoms in total. The minimum Gasteiger partial charge on any atom is -0.352 e. The molecule has 1 saturated heterocycles. The van der Waals surface area contributed by atoms with Crippen molar-refractivity contribution in [1.82, 2.24) is 9.38 Å². The number of thiazole rings is 1. The first-order valence-electron chi connectivity index (χ1n) is 6.88. The van der Waals surface area contributed by atoms with Crippen molar-refractivity contribution >= 4 is 33.7 Å². The Kier molecular flexibility index (Phi) is 3.48. The van der Waals surface area contributed by atoms with E-state index in [9.17, 15) is 0 Å². The van der Waals surface area contributed by atoms with E-state index in [0.29, 0.717) is 23.8 Å². The summed E-state index contributed by atoms with van der Waals surface area (Å²) in [6, 6.07) is 0.530. The highest BCUT2D eigenvalue weighted by atomic mass is 35.5. The van der Waals surface area contributed by atoms with Gasteiger partial charge in [0, 0.05) is 24.2 Å². The van der Waals surface area contributed by atoms with Gasteiger partial charge >= 0.3 is 0 Å². The second-order valence-electron chi connectivity index (χ2n) is 5.78. The summed E-state index contributed by atoms with van der Waals surface area (Å²) < 4.78 is 2.13. The molecule has 0 saturated carbocycles. The number of alkyl halides is 1. The molecule has 0 radical (unpaired) electrons. The maximum absolute atomic E-state index is 6.17. The Hall–Kier alpha value is -0.740. The van der Waals surface area contributed by atoms with Gasteiger partial charge in [0.1, 0.15) is 0 Å². The Bertz CT molecular complexity index is 576. The average molecular weight is 298 g/mol. The van der Waals surface area contributed by atoms with Crippen LogP contribution in [0.25, 0.3) is 4.96 Å². The van der Waals surface area contributed by atoms with Crippen molar-refractivity contribution < 1.29 is 0 Å². The predicted octanol–water partition coefficient (Wildman–Crippen LogP) is 4.01. The number of imidazole rings is 1. The summed E-state index contributed by atoms with van der Waals surface area (Å²) in [5.41, 5.74) is 1.13. The molecule has 0 N–H and O–H groups in total. The van der Waals surface area contributed by atoms with E-state index in [1.807, 2.05) is 0 Å². The number of aromatic nitrogens is 2. The smallest absolute Gasteiger partial charge is 0.195 e. The normalized spacial score (nSPS) is 28.2. The highest BCUT2D eigenvalue weighted by molar-refractivity contribution is 7.15. The molecule has 3 heterocycles. The van der Waals surface area contributed by atoms with E-state index in [0.717, 1.165) is 23.0 Å². The molecular formula is C14H20ClN3S. The van der Waals surface area contributed by atoms with Gasteiger partial charge in [0.25, 0.3) is 0 Å². The fraction of sp³-hybridized carbons (Fsp3) is 0.643. The minimum atomic E-state index is 0.513. The van der Waals surface area contributed by atoms with Crippen LogP contribution in [0.3, 0.4) is 0 Å². The van der Waals surface area contributed by atoms with Gasteiger partial charge < -0.3 is 4.90 Å². The third-order valence-corrected chi connectivity index (χ3v) is 5.35. The van der Waals surface area contributed by atoms with Crippen molar-refractivity contribution in [3.63, 3.8) is 0 Å². The van der Waals surface area contributed by atoms with Crippen LogP contribution in [0.5, 0.6) is 0 Å². The lowest BCUT2D eigenvalue weighted by atomic mass is 9.86. The van der Waals surface area contributed by atoms with Crippen LogP contribution >= 0.6 is 22.9 Å². The zero-order valence-corrected chi connectivity index (χ0v) is 13.2. The molecule has 5 heteroatoms. The highest BCUT2D eigenvalue weighted by Crippen LogP contribution is 2.34. The third-order valence-electron chi connectivity index (χ3n) is 4.34. The highest BCUT2D eigenvalue weighted by Gasteiger charge is 2.32. The van der Waals surface area contributed by atoms with Crippen LogP contribution in [0.4, 0.5) is 5.82 Å². The third kappa shape index (κ3) is 2.15. The molecule has 19 heavy (non-hydrogen) atoms. The van der Waals surface area contributed by atoms with Crippen LogP contribution in [-0.2, 0) is 5.88 Å². The van der Waals surface area contributed by atoms with E-state index in [4.69, 9.17) is 16.6 Å². The van der Waals surface area contributed by atoms with Crippen molar-refractivity contribution in [2.45, 2.75) is 39.1 Å². The van der Waals surface area contributed by atoms with E-state index in [2.05, 4.69) is 41.6 Å². The maximum Gasteiger partial charge on any atom is 0.195 e. The van der Waals surface area contributed by atoms with Gasteiger partial charge in [0.15, 0.2) is 10.8 Å². The van der Waals surface area contributed by atoms with Crippen LogP contribution in [0.2, 0.25) is 0 Å². The van der Waals surface area contributed by atoms with Crippen LogP contribution in [0.1, 0.15) is 32.9 Å². The van der Waals surface area contributed by atoms with E-state index in [-0.39, 0.29) is 0 Å². The average Bonchev–Trinajstić information content (AvgIpc) is 2.93.